The highest BCUT2D eigenvalue weighted by Crippen LogP contribution is 2.21. The zero-order valence-corrected chi connectivity index (χ0v) is 8.87. The van der Waals surface area contributed by atoms with Crippen LogP contribution in [0.25, 0.3) is 16.7 Å². The third kappa shape index (κ3) is 1.26. The van der Waals surface area contributed by atoms with Crippen LogP contribution in [0.2, 0.25) is 10.3 Å². The summed E-state index contributed by atoms with van der Waals surface area (Å²) in [6.07, 6.45) is 3.27. The molecule has 74 valence electrons. The van der Waals surface area contributed by atoms with Crippen LogP contribution < -0.4 is 0 Å². The van der Waals surface area contributed by atoms with Gasteiger partial charge in [0.25, 0.3) is 0 Å². The van der Waals surface area contributed by atoms with E-state index in [1.54, 1.807) is 29.1 Å². The highest BCUT2D eigenvalue weighted by Gasteiger charge is 2.07. The van der Waals surface area contributed by atoms with Gasteiger partial charge in [0.2, 0.25) is 0 Å². The minimum Gasteiger partial charge on any atom is -0.279 e. The Morgan fingerprint density at radius 2 is 2.00 bits per heavy atom. The molecule has 3 rings (SSSR count). The van der Waals surface area contributed by atoms with E-state index in [0.29, 0.717) is 21.5 Å². The topological polar surface area (TPSA) is 43.1 Å². The average Bonchev–Trinajstić information content (AvgIpc) is 2.69. The Morgan fingerprint density at radius 1 is 1.13 bits per heavy atom. The molecule has 0 aliphatic carbocycles. The van der Waals surface area contributed by atoms with Crippen LogP contribution >= 0.6 is 23.2 Å². The van der Waals surface area contributed by atoms with E-state index in [4.69, 9.17) is 23.2 Å². The van der Waals surface area contributed by atoms with Crippen molar-refractivity contribution in [2.75, 3.05) is 0 Å². The highest BCUT2D eigenvalue weighted by molar-refractivity contribution is 6.33. The van der Waals surface area contributed by atoms with Gasteiger partial charge in [-0.3, -0.25) is 4.40 Å². The van der Waals surface area contributed by atoms with Gasteiger partial charge in [-0.05, 0) is 12.1 Å². The Labute approximate surface area is 94.5 Å². The zero-order chi connectivity index (χ0) is 10.4. The molecule has 0 fully saturated rings. The molecule has 15 heavy (non-hydrogen) atoms. The second-order valence-electron chi connectivity index (χ2n) is 3.03. The Hall–Kier alpha value is -1.39. The normalized spacial score (nSPS) is 11.3. The number of fused-ring (bicyclic) bond motifs is 3. The van der Waals surface area contributed by atoms with Gasteiger partial charge in [-0.15, -0.1) is 0 Å². The Morgan fingerprint density at radius 3 is 2.87 bits per heavy atom. The summed E-state index contributed by atoms with van der Waals surface area (Å²) in [5.74, 6) is 0. The van der Waals surface area contributed by atoms with Crippen molar-refractivity contribution >= 4 is 39.9 Å². The van der Waals surface area contributed by atoms with Gasteiger partial charge in [-0.1, -0.05) is 23.2 Å². The van der Waals surface area contributed by atoms with Crippen LogP contribution in [0.4, 0.5) is 0 Å². The molecule has 0 amide bonds. The quantitative estimate of drug-likeness (QED) is 0.566. The van der Waals surface area contributed by atoms with E-state index in [-0.39, 0.29) is 0 Å². The predicted molar refractivity (Wildman–Crippen MR) is 58.3 cm³/mol. The number of imidazole rings is 1. The lowest BCUT2D eigenvalue weighted by molar-refractivity contribution is 1.14. The van der Waals surface area contributed by atoms with E-state index in [1.807, 2.05) is 0 Å². The van der Waals surface area contributed by atoms with Crippen LogP contribution in [0, 0.1) is 0 Å². The molecule has 3 aromatic heterocycles. The van der Waals surface area contributed by atoms with Gasteiger partial charge in [0.1, 0.15) is 22.5 Å². The van der Waals surface area contributed by atoms with Crippen molar-refractivity contribution in [1.29, 1.82) is 0 Å². The van der Waals surface area contributed by atoms with Crippen molar-refractivity contribution in [2.24, 2.45) is 0 Å². The van der Waals surface area contributed by atoms with Crippen molar-refractivity contribution in [3.63, 3.8) is 0 Å². The summed E-state index contributed by atoms with van der Waals surface area (Å²) < 4.78 is 1.76. The van der Waals surface area contributed by atoms with Crippen LogP contribution in [-0.2, 0) is 0 Å². The average molecular weight is 239 g/mol. The Kier molecular flexibility index (Phi) is 1.81. The molecule has 4 nitrogen and oxygen atoms in total. The largest absolute Gasteiger partial charge is 0.279 e. The summed E-state index contributed by atoms with van der Waals surface area (Å²) in [5.41, 5.74) is 2.06. The molecule has 0 saturated heterocycles. The van der Waals surface area contributed by atoms with Gasteiger partial charge < -0.3 is 0 Å². The number of nitrogens with zero attached hydrogens (tertiary/aromatic N) is 4. The molecule has 0 N–H and O–H groups in total. The van der Waals surface area contributed by atoms with Crippen LogP contribution in [-0.4, -0.2) is 19.4 Å². The standard InChI is InChI=1S/C9H4Cl2N4/c10-7-2-1-5-9(14-7)15-4-12-3-6(15)8(11)13-5/h1-4H. The molecule has 0 aromatic carbocycles. The van der Waals surface area contributed by atoms with Crippen molar-refractivity contribution in [1.82, 2.24) is 19.4 Å². The zero-order valence-electron chi connectivity index (χ0n) is 7.35. The lowest BCUT2D eigenvalue weighted by atomic mass is 10.4. The van der Waals surface area contributed by atoms with E-state index in [2.05, 4.69) is 15.0 Å². The molecule has 0 unspecified atom stereocenters. The van der Waals surface area contributed by atoms with Crippen LogP contribution in [0.15, 0.2) is 24.7 Å². The van der Waals surface area contributed by atoms with Crippen molar-refractivity contribution in [3.05, 3.63) is 35.0 Å². The third-order valence-electron chi connectivity index (χ3n) is 2.12. The smallest absolute Gasteiger partial charge is 0.166 e. The van der Waals surface area contributed by atoms with Gasteiger partial charge in [0.05, 0.1) is 6.20 Å². The molecule has 3 heterocycles. The van der Waals surface area contributed by atoms with Crippen molar-refractivity contribution in [2.45, 2.75) is 0 Å². The predicted octanol–water partition coefficient (Wildman–Crippen LogP) is 2.58. The third-order valence-corrected chi connectivity index (χ3v) is 2.61. The number of hydrogen-bond donors (Lipinski definition) is 0. The molecule has 0 atom stereocenters. The number of aromatic nitrogens is 4. The van der Waals surface area contributed by atoms with E-state index in [1.165, 1.54) is 0 Å². The van der Waals surface area contributed by atoms with Crippen LogP contribution in [0.1, 0.15) is 0 Å². The maximum atomic E-state index is 5.98. The fourth-order valence-corrected chi connectivity index (χ4v) is 1.84. The van der Waals surface area contributed by atoms with E-state index in [9.17, 15) is 0 Å². The molecular formula is C9H4Cl2N4. The minimum absolute atomic E-state index is 0.407. The summed E-state index contributed by atoms with van der Waals surface area (Å²) in [7, 11) is 0. The van der Waals surface area contributed by atoms with Gasteiger partial charge >= 0.3 is 0 Å². The second kappa shape index (κ2) is 3.05. The molecule has 3 aromatic rings. The highest BCUT2D eigenvalue weighted by atomic mass is 35.5. The van der Waals surface area contributed by atoms with Crippen LogP contribution in [0.3, 0.4) is 0 Å². The SMILES string of the molecule is Clc1ccc2nc(Cl)c3cncn3c2n1. The molecule has 0 aliphatic rings. The lowest BCUT2D eigenvalue weighted by Crippen LogP contribution is -1.93. The van der Waals surface area contributed by atoms with E-state index in [0.717, 1.165) is 5.52 Å². The fraction of sp³-hybridized carbons (Fsp3) is 0. The Bertz CT molecular complexity index is 662. The summed E-state index contributed by atoms with van der Waals surface area (Å²) in [4.78, 5) is 12.4. The molecule has 0 bridgehead atoms. The lowest BCUT2D eigenvalue weighted by Gasteiger charge is -2.02. The summed E-state index contributed by atoms with van der Waals surface area (Å²) in [5, 5.41) is 0.825. The van der Waals surface area contributed by atoms with Crippen molar-refractivity contribution in [3.8, 4) is 0 Å². The summed E-state index contributed by atoms with van der Waals surface area (Å²) in [6, 6.07) is 3.45. The molecule has 0 radical (unpaired) electrons. The summed E-state index contributed by atoms with van der Waals surface area (Å²) in [6.45, 7) is 0. The van der Waals surface area contributed by atoms with Crippen LogP contribution in [0.5, 0.6) is 0 Å². The number of hydrogen-bond acceptors (Lipinski definition) is 3. The minimum atomic E-state index is 0.407. The second-order valence-corrected chi connectivity index (χ2v) is 3.77. The monoisotopic (exact) mass is 238 g/mol. The first-order chi connectivity index (χ1) is 7.25. The number of halogens is 2. The molecular weight excluding hydrogens is 235 g/mol. The van der Waals surface area contributed by atoms with E-state index >= 15 is 0 Å². The maximum Gasteiger partial charge on any atom is 0.166 e. The first-order valence-electron chi connectivity index (χ1n) is 4.19. The molecule has 0 spiro atoms. The van der Waals surface area contributed by atoms with Gasteiger partial charge in [-0.25, -0.2) is 15.0 Å². The van der Waals surface area contributed by atoms with Crippen molar-refractivity contribution < 1.29 is 0 Å². The van der Waals surface area contributed by atoms with E-state index < -0.39 is 0 Å². The first kappa shape index (κ1) is 8.88. The van der Waals surface area contributed by atoms with Gasteiger partial charge in [-0.2, -0.15) is 0 Å². The summed E-state index contributed by atoms with van der Waals surface area (Å²) >= 11 is 11.8. The molecule has 0 saturated carbocycles. The molecule has 6 heteroatoms. The maximum absolute atomic E-state index is 5.98. The number of pyridine rings is 1. The first-order valence-corrected chi connectivity index (χ1v) is 4.95. The molecule has 0 aliphatic heterocycles. The fourth-order valence-electron chi connectivity index (χ4n) is 1.46. The van der Waals surface area contributed by atoms with Gasteiger partial charge in [0.15, 0.2) is 10.8 Å². The number of rotatable bonds is 0. The Balaban J connectivity index is 2.61. The van der Waals surface area contributed by atoms with Gasteiger partial charge in [0, 0.05) is 0 Å².